The molecule has 1 heterocycles. The third-order valence-electron chi connectivity index (χ3n) is 6.02. The van der Waals surface area contributed by atoms with Crippen LogP contribution in [0.4, 0.5) is 11.5 Å². The first kappa shape index (κ1) is 23.4. The van der Waals surface area contributed by atoms with Gasteiger partial charge in [0.15, 0.2) is 0 Å². The fraction of sp³-hybridized carbons (Fsp3) is 0.240. The van der Waals surface area contributed by atoms with Gasteiger partial charge in [-0.05, 0) is 48.4 Å². The predicted octanol–water partition coefficient (Wildman–Crippen LogP) is 5.22. The molecule has 2 unspecified atom stereocenters. The Balaban J connectivity index is 1.41. The molecule has 8 nitrogen and oxygen atoms in total. The van der Waals surface area contributed by atoms with Crippen LogP contribution in [-0.2, 0) is 16.0 Å². The van der Waals surface area contributed by atoms with Gasteiger partial charge in [0.1, 0.15) is 0 Å². The number of nitrogens with one attached hydrogen (secondary N) is 1. The molecular formula is C25H22ClN3O5. The average molecular weight is 480 g/mol. The number of benzene rings is 2. The van der Waals surface area contributed by atoms with E-state index in [2.05, 4.69) is 10.3 Å². The lowest BCUT2D eigenvalue weighted by molar-refractivity contribution is -0.384. The number of nitro groups is 1. The molecule has 1 aliphatic carbocycles. The van der Waals surface area contributed by atoms with Gasteiger partial charge in [-0.1, -0.05) is 54.1 Å². The smallest absolute Gasteiger partial charge is 0.338 e. The predicted molar refractivity (Wildman–Crippen MR) is 128 cm³/mol. The molecule has 1 aliphatic rings. The summed E-state index contributed by atoms with van der Waals surface area (Å²) in [4.78, 5) is 39.5. The quantitative estimate of drug-likeness (QED) is 0.282. The maximum Gasteiger partial charge on any atom is 0.338 e. The van der Waals surface area contributed by atoms with Crippen LogP contribution in [0.15, 0.2) is 54.7 Å². The highest BCUT2D eigenvalue weighted by Crippen LogP contribution is 2.43. The van der Waals surface area contributed by atoms with Crippen molar-refractivity contribution in [3.05, 3.63) is 86.6 Å². The summed E-state index contributed by atoms with van der Waals surface area (Å²) in [6.45, 7) is 1.52. The summed E-state index contributed by atoms with van der Waals surface area (Å²) < 4.78 is 4.87. The van der Waals surface area contributed by atoms with Crippen LogP contribution in [0.1, 0.15) is 27.9 Å². The normalized spacial score (nSPS) is 16.6. The van der Waals surface area contributed by atoms with Crippen LogP contribution in [0.5, 0.6) is 0 Å². The summed E-state index contributed by atoms with van der Waals surface area (Å²) in [5, 5.41) is 14.2. The molecule has 1 aromatic heterocycles. The van der Waals surface area contributed by atoms with Crippen LogP contribution >= 0.6 is 11.6 Å². The van der Waals surface area contributed by atoms with Gasteiger partial charge < -0.3 is 10.1 Å². The summed E-state index contributed by atoms with van der Waals surface area (Å²) in [5.41, 5.74) is 3.21. The van der Waals surface area contributed by atoms with E-state index < -0.39 is 10.9 Å². The van der Waals surface area contributed by atoms with E-state index in [4.69, 9.17) is 16.3 Å². The molecule has 1 saturated carbocycles. The molecule has 1 fully saturated rings. The number of aromatic nitrogens is 1. The molecule has 1 amide bonds. The van der Waals surface area contributed by atoms with Gasteiger partial charge in [0.2, 0.25) is 11.7 Å². The molecule has 2 atom stereocenters. The average Bonchev–Trinajstić information content (AvgIpc) is 3.60. The highest BCUT2D eigenvalue weighted by Gasteiger charge is 2.43. The van der Waals surface area contributed by atoms with Crippen molar-refractivity contribution >= 4 is 35.0 Å². The minimum atomic E-state index is -0.589. The number of anilines is 1. The number of hydrogen-bond donors (Lipinski definition) is 1. The molecule has 0 aliphatic heterocycles. The van der Waals surface area contributed by atoms with Gasteiger partial charge in [0, 0.05) is 12.1 Å². The minimum Gasteiger partial charge on any atom is -0.465 e. The summed E-state index contributed by atoms with van der Waals surface area (Å²) in [5.74, 6) is -0.864. The molecule has 174 valence electrons. The Morgan fingerprint density at radius 1 is 1.21 bits per heavy atom. The molecule has 1 N–H and O–H groups in total. The highest BCUT2D eigenvalue weighted by molar-refractivity contribution is 6.31. The molecule has 0 bridgehead atoms. The fourth-order valence-corrected chi connectivity index (χ4v) is 4.17. The number of carbonyl (C=O) groups excluding carboxylic acids is 2. The minimum absolute atomic E-state index is 0.0869. The first-order chi connectivity index (χ1) is 16.3. The maximum atomic E-state index is 12.7. The van der Waals surface area contributed by atoms with Gasteiger partial charge >= 0.3 is 11.7 Å². The van der Waals surface area contributed by atoms with E-state index in [1.165, 1.54) is 20.2 Å². The molecule has 0 radical (unpaired) electrons. The number of carbonyl (C=O) groups is 2. The number of halogens is 1. The molecular weight excluding hydrogens is 458 g/mol. The summed E-state index contributed by atoms with van der Waals surface area (Å²) in [6.07, 6.45) is 2.69. The van der Waals surface area contributed by atoms with E-state index in [1.54, 1.807) is 12.1 Å². The van der Waals surface area contributed by atoms with Crippen LogP contribution in [0.3, 0.4) is 0 Å². The molecule has 0 saturated heterocycles. The second-order valence-electron chi connectivity index (χ2n) is 8.22. The standard InChI is InChI=1S/C25H22ClN3O5/c1-14-21(26)13-27-23(22(14)29(32)33)28-24(30)20-12-17(20)11-15-7-9-16(10-8-15)18-5-3-4-6-19(18)25(31)34-2/h3-10,13,17,20H,11-12H2,1-2H3,(H,27,28,30). The lowest BCUT2D eigenvalue weighted by Crippen LogP contribution is -2.17. The Morgan fingerprint density at radius 2 is 1.91 bits per heavy atom. The Labute approximate surface area is 201 Å². The van der Waals surface area contributed by atoms with Gasteiger partial charge in [-0.15, -0.1) is 0 Å². The molecule has 9 heteroatoms. The first-order valence-electron chi connectivity index (χ1n) is 10.7. The first-order valence-corrected chi connectivity index (χ1v) is 11.0. The van der Waals surface area contributed by atoms with Crippen molar-refractivity contribution in [1.82, 2.24) is 4.98 Å². The SMILES string of the molecule is COC(=O)c1ccccc1-c1ccc(CC2CC2C(=O)Nc2ncc(Cl)c(C)c2[N+](=O)[O-])cc1. The van der Waals surface area contributed by atoms with Crippen molar-refractivity contribution in [2.75, 3.05) is 12.4 Å². The van der Waals surface area contributed by atoms with E-state index in [1.807, 2.05) is 36.4 Å². The van der Waals surface area contributed by atoms with E-state index >= 15 is 0 Å². The number of nitrogens with zero attached hydrogens (tertiary/aromatic N) is 2. The summed E-state index contributed by atoms with van der Waals surface area (Å²) in [6, 6.07) is 15.1. The number of pyridine rings is 1. The van der Waals surface area contributed by atoms with Crippen LogP contribution in [0, 0.1) is 28.9 Å². The number of hydrogen-bond acceptors (Lipinski definition) is 6. The second-order valence-corrected chi connectivity index (χ2v) is 8.62. The van der Waals surface area contributed by atoms with Crippen molar-refractivity contribution in [2.24, 2.45) is 11.8 Å². The second kappa shape index (κ2) is 9.61. The van der Waals surface area contributed by atoms with Crippen LogP contribution in [0.2, 0.25) is 5.02 Å². The van der Waals surface area contributed by atoms with E-state index in [0.717, 1.165) is 16.7 Å². The van der Waals surface area contributed by atoms with Gasteiger partial charge in [-0.2, -0.15) is 0 Å². The third kappa shape index (κ3) is 4.77. The van der Waals surface area contributed by atoms with Gasteiger partial charge in [-0.25, -0.2) is 9.78 Å². The van der Waals surface area contributed by atoms with Crippen molar-refractivity contribution in [1.29, 1.82) is 0 Å². The summed E-state index contributed by atoms with van der Waals surface area (Å²) >= 11 is 5.93. The van der Waals surface area contributed by atoms with Crippen LogP contribution < -0.4 is 5.32 Å². The third-order valence-corrected chi connectivity index (χ3v) is 6.40. The maximum absolute atomic E-state index is 12.7. The number of amides is 1. The molecule has 3 aromatic rings. The lowest BCUT2D eigenvalue weighted by atomic mass is 9.97. The Bertz CT molecular complexity index is 1280. The lowest BCUT2D eigenvalue weighted by Gasteiger charge is -2.09. The highest BCUT2D eigenvalue weighted by atomic mass is 35.5. The molecule has 4 rings (SSSR count). The zero-order valence-electron chi connectivity index (χ0n) is 18.6. The van der Waals surface area contributed by atoms with Crippen LogP contribution in [-0.4, -0.2) is 28.9 Å². The number of ether oxygens (including phenoxy) is 1. The van der Waals surface area contributed by atoms with Crippen molar-refractivity contribution in [2.45, 2.75) is 19.8 Å². The van der Waals surface area contributed by atoms with Gasteiger partial charge in [-0.3, -0.25) is 14.9 Å². The van der Waals surface area contributed by atoms with Crippen molar-refractivity contribution < 1.29 is 19.2 Å². The Kier molecular flexibility index (Phi) is 6.61. The van der Waals surface area contributed by atoms with E-state index in [-0.39, 0.29) is 39.8 Å². The zero-order valence-corrected chi connectivity index (χ0v) is 19.3. The summed E-state index contributed by atoms with van der Waals surface area (Å²) in [7, 11) is 1.35. The van der Waals surface area contributed by atoms with E-state index in [9.17, 15) is 19.7 Å². The molecule has 2 aromatic carbocycles. The van der Waals surface area contributed by atoms with E-state index in [0.29, 0.717) is 18.4 Å². The number of esters is 1. The topological polar surface area (TPSA) is 111 Å². The van der Waals surface area contributed by atoms with Crippen LogP contribution in [0.25, 0.3) is 11.1 Å². The van der Waals surface area contributed by atoms with Gasteiger partial charge in [0.05, 0.1) is 28.2 Å². The Hall–Kier alpha value is -3.78. The van der Waals surface area contributed by atoms with Gasteiger partial charge in [0.25, 0.3) is 0 Å². The van der Waals surface area contributed by atoms with Crippen molar-refractivity contribution in [3.63, 3.8) is 0 Å². The monoisotopic (exact) mass is 479 g/mol. The molecule has 34 heavy (non-hydrogen) atoms. The number of rotatable bonds is 7. The largest absolute Gasteiger partial charge is 0.465 e. The number of methoxy groups -OCH3 is 1. The Morgan fingerprint density at radius 3 is 2.59 bits per heavy atom. The molecule has 0 spiro atoms. The zero-order chi connectivity index (χ0) is 24.4. The fourth-order valence-electron chi connectivity index (χ4n) is 4.03. The van der Waals surface area contributed by atoms with Crippen molar-refractivity contribution in [3.8, 4) is 11.1 Å².